The van der Waals surface area contributed by atoms with Crippen LogP contribution in [0.2, 0.25) is 0 Å². The minimum Gasteiger partial charge on any atom is -0.508 e. The number of phenols is 2. The smallest absolute Gasteiger partial charge is 0.124 e. The van der Waals surface area contributed by atoms with E-state index in [0.717, 1.165) is 0 Å². The Labute approximate surface area is 89.0 Å². The number of hydrogen-bond donors (Lipinski definition) is 4. The lowest BCUT2D eigenvalue weighted by atomic mass is 9.94. The van der Waals surface area contributed by atoms with Gasteiger partial charge in [0.25, 0.3) is 0 Å². The van der Waals surface area contributed by atoms with Gasteiger partial charge in [0, 0.05) is 11.6 Å². The lowest BCUT2D eigenvalue weighted by molar-refractivity contribution is 0.0969. The van der Waals surface area contributed by atoms with Crippen molar-refractivity contribution < 1.29 is 15.3 Å². The van der Waals surface area contributed by atoms with Gasteiger partial charge in [-0.2, -0.15) is 0 Å². The molecule has 0 heterocycles. The lowest BCUT2D eigenvalue weighted by Crippen LogP contribution is -2.30. The van der Waals surface area contributed by atoms with Crippen molar-refractivity contribution in [2.24, 2.45) is 11.7 Å². The molecule has 1 aromatic rings. The average molecular weight is 211 g/mol. The van der Waals surface area contributed by atoms with Gasteiger partial charge in [-0.3, -0.25) is 0 Å². The summed E-state index contributed by atoms with van der Waals surface area (Å²) in [4.78, 5) is 0. The van der Waals surface area contributed by atoms with Gasteiger partial charge in [-0.15, -0.1) is 0 Å². The molecular weight excluding hydrogens is 194 g/mol. The highest BCUT2D eigenvalue weighted by molar-refractivity contribution is 5.41. The van der Waals surface area contributed by atoms with Gasteiger partial charge in [-0.05, 0) is 18.1 Å². The number of aliphatic hydroxyl groups excluding tert-OH is 1. The van der Waals surface area contributed by atoms with Crippen LogP contribution in [0.3, 0.4) is 0 Å². The Morgan fingerprint density at radius 1 is 1.20 bits per heavy atom. The fourth-order valence-corrected chi connectivity index (χ4v) is 1.41. The third kappa shape index (κ3) is 2.61. The normalized spacial score (nSPS) is 15.3. The van der Waals surface area contributed by atoms with Gasteiger partial charge in [0.05, 0.1) is 12.1 Å². The second kappa shape index (κ2) is 4.51. The molecule has 5 N–H and O–H groups in total. The molecule has 4 nitrogen and oxygen atoms in total. The number of rotatable bonds is 3. The molecule has 0 fully saturated rings. The monoisotopic (exact) mass is 211 g/mol. The Morgan fingerprint density at radius 3 is 2.27 bits per heavy atom. The van der Waals surface area contributed by atoms with Gasteiger partial charge >= 0.3 is 0 Å². The Morgan fingerprint density at radius 2 is 1.80 bits per heavy atom. The topological polar surface area (TPSA) is 86.7 Å². The molecule has 1 aromatic carbocycles. The van der Waals surface area contributed by atoms with Crippen LogP contribution in [0.4, 0.5) is 0 Å². The van der Waals surface area contributed by atoms with Crippen molar-refractivity contribution >= 4 is 0 Å². The number of benzene rings is 1. The third-order valence-corrected chi connectivity index (χ3v) is 2.42. The third-order valence-electron chi connectivity index (χ3n) is 2.42. The largest absolute Gasteiger partial charge is 0.508 e. The Bertz CT molecular complexity index is 339. The van der Waals surface area contributed by atoms with Crippen molar-refractivity contribution in [1.29, 1.82) is 0 Å². The molecule has 0 spiro atoms. The van der Waals surface area contributed by atoms with Crippen LogP contribution in [0, 0.1) is 5.92 Å². The minimum atomic E-state index is -0.722. The molecule has 0 amide bonds. The zero-order chi connectivity index (χ0) is 11.6. The molecule has 1 rings (SSSR count). The fraction of sp³-hybridized carbons (Fsp3) is 0.455. The maximum Gasteiger partial charge on any atom is 0.124 e. The highest BCUT2D eigenvalue weighted by Gasteiger charge is 2.22. The molecule has 0 aliphatic carbocycles. The first kappa shape index (κ1) is 11.8. The molecule has 4 heteroatoms. The highest BCUT2D eigenvalue weighted by atomic mass is 16.3. The zero-order valence-electron chi connectivity index (χ0n) is 8.88. The summed E-state index contributed by atoms with van der Waals surface area (Å²) in [5, 5.41) is 28.4. The van der Waals surface area contributed by atoms with E-state index in [4.69, 9.17) is 10.8 Å². The van der Waals surface area contributed by atoms with E-state index in [-0.39, 0.29) is 17.4 Å². The van der Waals surface area contributed by atoms with Crippen LogP contribution in [-0.2, 0) is 0 Å². The number of aromatic hydroxyl groups is 2. The predicted octanol–water partition coefficient (Wildman–Crippen LogP) is 1.11. The Kier molecular flexibility index (Phi) is 3.55. The molecule has 0 aromatic heterocycles. The van der Waals surface area contributed by atoms with E-state index in [9.17, 15) is 10.2 Å². The van der Waals surface area contributed by atoms with Crippen molar-refractivity contribution in [2.45, 2.75) is 26.0 Å². The second-order valence-corrected chi connectivity index (χ2v) is 4.00. The van der Waals surface area contributed by atoms with Crippen LogP contribution >= 0.6 is 0 Å². The fourth-order valence-electron chi connectivity index (χ4n) is 1.41. The van der Waals surface area contributed by atoms with Crippen LogP contribution < -0.4 is 5.73 Å². The van der Waals surface area contributed by atoms with E-state index in [0.29, 0.717) is 5.56 Å². The summed E-state index contributed by atoms with van der Waals surface area (Å²) in [6, 6.07) is 3.51. The Balaban J connectivity index is 2.96. The number of hydrogen-bond acceptors (Lipinski definition) is 4. The zero-order valence-corrected chi connectivity index (χ0v) is 8.88. The molecule has 0 radical (unpaired) electrons. The molecule has 2 atom stereocenters. The summed E-state index contributed by atoms with van der Waals surface area (Å²) in [6.45, 7) is 3.70. The molecule has 0 saturated heterocycles. The summed E-state index contributed by atoms with van der Waals surface area (Å²) < 4.78 is 0. The summed E-state index contributed by atoms with van der Waals surface area (Å²) >= 11 is 0. The van der Waals surface area contributed by atoms with E-state index >= 15 is 0 Å². The number of phenolic OH excluding ortho intramolecular Hbond substituents is 2. The van der Waals surface area contributed by atoms with Crippen LogP contribution in [0.25, 0.3) is 0 Å². The van der Waals surface area contributed by atoms with Crippen LogP contribution in [-0.4, -0.2) is 21.4 Å². The first-order valence-electron chi connectivity index (χ1n) is 4.89. The van der Waals surface area contributed by atoms with Gasteiger partial charge in [-0.25, -0.2) is 0 Å². The van der Waals surface area contributed by atoms with Crippen LogP contribution in [0.1, 0.15) is 25.5 Å². The highest BCUT2D eigenvalue weighted by Crippen LogP contribution is 2.29. The van der Waals surface area contributed by atoms with Gasteiger partial charge in [-0.1, -0.05) is 13.8 Å². The molecule has 0 saturated carbocycles. The number of aliphatic hydroxyl groups is 1. The molecule has 0 aliphatic rings. The maximum atomic E-state index is 9.74. The van der Waals surface area contributed by atoms with Crippen molar-refractivity contribution in [2.75, 3.05) is 0 Å². The summed E-state index contributed by atoms with van der Waals surface area (Å²) in [5.74, 6) is -0.113. The van der Waals surface area contributed by atoms with Gasteiger partial charge in [0.1, 0.15) is 11.5 Å². The standard InChI is InChI=1S/C11H17NO3/c1-6(2)11(15)10(12)8-4-3-7(13)5-9(8)14/h3-6,10-11,13-15H,12H2,1-2H3/t10-,11+/m0/s1. The SMILES string of the molecule is CC(C)[C@@H](O)[C@@H](N)c1ccc(O)cc1O. The maximum absolute atomic E-state index is 9.74. The first-order valence-corrected chi connectivity index (χ1v) is 4.89. The molecule has 0 aliphatic heterocycles. The van der Waals surface area contributed by atoms with Crippen LogP contribution in [0.15, 0.2) is 18.2 Å². The Hall–Kier alpha value is -1.26. The second-order valence-electron chi connectivity index (χ2n) is 4.00. The van der Waals surface area contributed by atoms with Crippen LogP contribution in [0.5, 0.6) is 11.5 Å². The van der Waals surface area contributed by atoms with Crippen molar-refractivity contribution in [3.8, 4) is 11.5 Å². The van der Waals surface area contributed by atoms with E-state index in [1.165, 1.54) is 18.2 Å². The van der Waals surface area contributed by atoms with E-state index in [1.54, 1.807) is 0 Å². The summed E-state index contributed by atoms with van der Waals surface area (Å²) in [7, 11) is 0. The molecular formula is C11H17NO3. The van der Waals surface area contributed by atoms with Crippen molar-refractivity contribution in [3.05, 3.63) is 23.8 Å². The predicted molar refractivity (Wildman–Crippen MR) is 57.5 cm³/mol. The van der Waals surface area contributed by atoms with E-state index in [2.05, 4.69) is 0 Å². The average Bonchev–Trinajstić information content (AvgIpc) is 2.15. The van der Waals surface area contributed by atoms with Gasteiger partial charge in [0.15, 0.2) is 0 Å². The lowest BCUT2D eigenvalue weighted by Gasteiger charge is -2.23. The molecule has 84 valence electrons. The summed E-state index contributed by atoms with van der Waals surface area (Å²) in [5.41, 5.74) is 6.24. The quantitative estimate of drug-likeness (QED) is 0.603. The van der Waals surface area contributed by atoms with Gasteiger partial charge in [0.2, 0.25) is 0 Å². The molecule has 0 bridgehead atoms. The summed E-state index contributed by atoms with van der Waals surface area (Å²) in [6.07, 6.45) is -0.722. The molecule has 0 unspecified atom stereocenters. The van der Waals surface area contributed by atoms with E-state index in [1.807, 2.05) is 13.8 Å². The molecule has 15 heavy (non-hydrogen) atoms. The first-order chi connectivity index (χ1) is 6.93. The number of nitrogens with two attached hydrogens (primary N) is 1. The van der Waals surface area contributed by atoms with Crippen molar-refractivity contribution in [1.82, 2.24) is 0 Å². The minimum absolute atomic E-state index is 0.00760. The van der Waals surface area contributed by atoms with E-state index < -0.39 is 12.1 Å². The van der Waals surface area contributed by atoms with Gasteiger partial charge < -0.3 is 21.1 Å². The van der Waals surface area contributed by atoms with Crippen molar-refractivity contribution in [3.63, 3.8) is 0 Å².